The summed E-state index contributed by atoms with van der Waals surface area (Å²) in [5, 5.41) is 5.77. The number of hydrogen-bond acceptors (Lipinski definition) is 4. The molecule has 38 heavy (non-hydrogen) atoms. The van der Waals surface area contributed by atoms with Crippen molar-refractivity contribution in [1.82, 2.24) is 15.5 Å². The van der Waals surface area contributed by atoms with Gasteiger partial charge in [-0.05, 0) is 45.2 Å². The Hall–Kier alpha value is -3.61. The summed E-state index contributed by atoms with van der Waals surface area (Å²) in [7, 11) is 0. The quantitative estimate of drug-likeness (QED) is 0.269. The Kier molecular flexibility index (Phi) is 12.1. The van der Waals surface area contributed by atoms with Gasteiger partial charge in [-0.3, -0.25) is 9.59 Å². The topological polar surface area (TPSA) is 87.7 Å². The van der Waals surface area contributed by atoms with Gasteiger partial charge in [0.05, 0.1) is 0 Å². The minimum atomic E-state index is -0.951. The SMILES string of the molecule is C=CCN(C(=O)C(Cc1ccccc1)NC(=O)OC(C)(C)C)C(C(=O)NCCCCC)c1cccc(C)c1. The van der Waals surface area contributed by atoms with Crippen LogP contribution in [-0.4, -0.2) is 47.5 Å². The van der Waals surface area contributed by atoms with Crippen molar-refractivity contribution in [3.05, 3.63) is 83.9 Å². The predicted molar refractivity (Wildman–Crippen MR) is 152 cm³/mol. The molecule has 7 nitrogen and oxygen atoms in total. The Morgan fingerprint density at radius 2 is 1.76 bits per heavy atom. The van der Waals surface area contributed by atoms with Gasteiger partial charge in [-0.25, -0.2) is 4.79 Å². The van der Waals surface area contributed by atoms with Gasteiger partial charge in [0, 0.05) is 19.5 Å². The second kappa shape index (κ2) is 15.0. The fraction of sp³-hybridized carbons (Fsp3) is 0.452. The van der Waals surface area contributed by atoms with Crippen LogP contribution in [0.15, 0.2) is 67.3 Å². The standard InChI is InChI=1S/C31H43N3O4/c1-7-9-13-19-32-28(35)27(25-18-14-15-23(3)21-25)34(20-8-2)29(36)26(22-24-16-11-10-12-17-24)33-30(37)38-31(4,5)6/h8,10-12,14-18,21,26-27H,2,7,9,13,19-20,22H2,1,3-6H3,(H,32,35)(H,33,37). The van der Waals surface area contributed by atoms with E-state index in [9.17, 15) is 14.4 Å². The van der Waals surface area contributed by atoms with Crippen LogP contribution >= 0.6 is 0 Å². The lowest BCUT2D eigenvalue weighted by molar-refractivity contribution is -0.141. The summed E-state index contributed by atoms with van der Waals surface area (Å²) in [6.45, 7) is 13.8. The third kappa shape index (κ3) is 10.0. The summed E-state index contributed by atoms with van der Waals surface area (Å²) in [4.78, 5) is 42.0. The molecule has 7 heteroatoms. The first kappa shape index (κ1) is 30.6. The normalized spacial score (nSPS) is 12.7. The molecule has 0 bridgehead atoms. The van der Waals surface area contributed by atoms with Gasteiger partial charge in [0.2, 0.25) is 11.8 Å². The zero-order chi connectivity index (χ0) is 28.1. The number of nitrogens with one attached hydrogen (secondary N) is 2. The molecule has 0 saturated heterocycles. The number of rotatable bonds is 13. The second-order valence-corrected chi connectivity index (χ2v) is 10.5. The van der Waals surface area contributed by atoms with Crippen LogP contribution in [0.2, 0.25) is 0 Å². The molecule has 2 aromatic carbocycles. The zero-order valence-corrected chi connectivity index (χ0v) is 23.5. The zero-order valence-electron chi connectivity index (χ0n) is 23.5. The summed E-state index contributed by atoms with van der Waals surface area (Å²) in [5.74, 6) is -0.660. The molecule has 3 amide bonds. The van der Waals surface area contributed by atoms with E-state index in [1.807, 2.05) is 61.5 Å². The van der Waals surface area contributed by atoms with Crippen LogP contribution in [0.4, 0.5) is 4.79 Å². The van der Waals surface area contributed by atoms with Crippen molar-refractivity contribution in [2.45, 2.75) is 78.0 Å². The molecule has 2 N–H and O–H groups in total. The molecule has 0 spiro atoms. The molecule has 2 aromatic rings. The lowest BCUT2D eigenvalue weighted by atomic mass is 9.99. The largest absolute Gasteiger partial charge is 0.444 e. The van der Waals surface area contributed by atoms with Gasteiger partial charge < -0.3 is 20.3 Å². The molecule has 0 aliphatic rings. The van der Waals surface area contributed by atoms with Crippen LogP contribution in [0.5, 0.6) is 0 Å². The van der Waals surface area contributed by atoms with Gasteiger partial charge in [0.1, 0.15) is 17.7 Å². The van der Waals surface area contributed by atoms with E-state index in [1.54, 1.807) is 26.8 Å². The van der Waals surface area contributed by atoms with Crippen LogP contribution in [-0.2, 0) is 20.7 Å². The van der Waals surface area contributed by atoms with Gasteiger partial charge in [0.25, 0.3) is 0 Å². The number of unbranched alkanes of at least 4 members (excludes halogenated alkanes) is 2. The van der Waals surface area contributed by atoms with Crippen LogP contribution in [0.1, 0.15) is 69.7 Å². The lowest BCUT2D eigenvalue weighted by Gasteiger charge is -2.34. The number of hydrogen-bond donors (Lipinski definition) is 2. The third-order valence-corrected chi connectivity index (χ3v) is 5.88. The van der Waals surface area contributed by atoms with E-state index in [1.165, 1.54) is 4.90 Å². The minimum absolute atomic E-state index is 0.126. The molecule has 2 atom stereocenters. The van der Waals surface area contributed by atoms with Crippen molar-refractivity contribution in [1.29, 1.82) is 0 Å². The maximum Gasteiger partial charge on any atom is 0.408 e. The summed E-state index contributed by atoms with van der Waals surface area (Å²) in [5.41, 5.74) is 1.82. The maximum atomic E-state index is 14.1. The third-order valence-electron chi connectivity index (χ3n) is 5.88. The molecular weight excluding hydrogens is 478 g/mol. The predicted octanol–water partition coefficient (Wildman–Crippen LogP) is 5.49. The molecule has 2 unspecified atom stereocenters. The van der Waals surface area contributed by atoms with Gasteiger partial charge in [-0.1, -0.05) is 86.0 Å². The van der Waals surface area contributed by atoms with Crippen molar-refractivity contribution < 1.29 is 19.1 Å². The summed E-state index contributed by atoms with van der Waals surface area (Å²) in [6.07, 6.45) is 4.04. The molecular formula is C31H43N3O4. The first-order valence-electron chi connectivity index (χ1n) is 13.3. The van der Waals surface area contributed by atoms with E-state index in [-0.39, 0.29) is 18.9 Å². The Morgan fingerprint density at radius 3 is 2.37 bits per heavy atom. The Labute approximate surface area is 227 Å². The highest BCUT2D eigenvalue weighted by Gasteiger charge is 2.35. The number of benzene rings is 2. The first-order chi connectivity index (χ1) is 18.1. The van der Waals surface area contributed by atoms with Gasteiger partial charge >= 0.3 is 6.09 Å². The average Bonchev–Trinajstić information content (AvgIpc) is 2.85. The van der Waals surface area contributed by atoms with E-state index >= 15 is 0 Å². The van der Waals surface area contributed by atoms with Crippen molar-refractivity contribution in [3.8, 4) is 0 Å². The maximum absolute atomic E-state index is 14.1. The van der Waals surface area contributed by atoms with Crippen LogP contribution in [0.3, 0.4) is 0 Å². The fourth-order valence-corrected chi connectivity index (χ4v) is 4.16. The number of nitrogens with zero attached hydrogens (tertiary/aromatic N) is 1. The summed E-state index contributed by atoms with van der Waals surface area (Å²) >= 11 is 0. The van der Waals surface area contributed by atoms with Gasteiger partial charge in [0.15, 0.2) is 0 Å². The molecule has 0 aromatic heterocycles. The van der Waals surface area contributed by atoms with Crippen LogP contribution in [0, 0.1) is 6.92 Å². The number of amides is 3. The fourth-order valence-electron chi connectivity index (χ4n) is 4.16. The van der Waals surface area contributed by atoms with Crippen LogP contribution in [0.25, 0.3) is 0 Å². The van der Waals surface area contributed by atoms with E-state index in [0.717, 1.165) is 30.4 Å². The summed E-state index contributed by atoms with van der Waals surface area (Å²) < 4.78 is 5.46. The van der Waals surface area contributed by atoms with Crippen molar-refractivity contribution in [2.75, 3.05) is 13.1 Å². The molecule has 0 fully saturated rings. The Balaban J connectivity index is 2.46. The highest BCUT2D eigenvalue weighted by Crippen LogP contribution is 2.24. The van der Waals surface area contributed by atoms with Crippen molar-refractivity contribution >= 4 is 17.9 Å². The van der Waals surface area contributed by atoms with E-state index in [0.29, 0.717) is 12.1 Å². The number of ether oxygens (including phenoxy) is 1. The number of alkyl carbamates (subject to hydrolysis) is 1. The summed E-state index contributed by atoms with van der Waals surface area (Å²) in [6, 6.07) is 15.2. The molecule has 0 aliphatic carbocycles. The number of carbonyl (C=O) groups excluding carboxylic acids is 3. The van der Waals surface area contributed by atoms with E-state index in [2.05, 4.69) is 24.1 Å². The Bertz CT molecular complexity index is 1060. The van der Waals surface area contributed by atoms with E-state index < -0.39 is 29.7 Å². The highest BCUT2D eigenvalue weighted by atomic mass is 16.6. The molecule has 0 radical (unpaired) electrons. The van der Waals surface area contributed by atoms with Gasteiger partial charge in [-0.2, -0.15) is 0 Å². The van der Waals surface area contributed by atoms with E-state index in [4.69, 9.17) is 4.74 Å². The van der Waals surface area contributed by atoms with Gasteiger partial charge in [-0.15, -0.1) is 6.58 Å². The average molecular weight is 522 g/mol. The molecule has 2 rings (SSSR count). The molecule has 0 aliphatic heterocycles. The smallest absolute Gasteiger partial charge is 0.408 e. The monoisotopic (exact) mass is 521 g/mol. The lowest BCUT2D eigenvalue weighted by Crippen LogP contribution is -2.54. The van der Waals surface area contributed by atoms with Crippen LogP contribution < -0.4 is 10.6 Å². The van der Waals surface area contributed by atoms with Crippen molar-refractivity contribution in [2.24, 2.45) is 0 Å². The Morgan fingerprint density at radius 1 is 1.05 bits per heavy atom. The molecule has 0 heterocycles. The first-order valence-corrected chi connectivity index (χ1v) is 13.3. The van der Waals surface area contributed by atoms with Crippen molar-refractivity contribution in [3.63, 3.8) is 0 Å². The number of carbonyl (C=O) groups is 3. The minimum Gasteiger partial charge on any atom is -0.444 e. The molecule has 206 valence electrons. The number of aryl methyl sites for hydroxylation is 1. The second-order valence-electron chi connectivity index (χ2n) is 10.5. The molecule has 0 saturated carbocycles. The highest BCUT2D eigenvalue weighted by molar-refractivity contribution is 5.92.